The number of rotatable bonds is 9. The van der Waals surface area contributed by atoms with Crippen molar-refractivity contribution in [2.75, 3.05) is 35.6 Å². The summed E-state index contributed by atoms with van der Waals surface area (Å²) in [6.45, 7) is 1.73. The first-order chi connectivity index (χ1) is 17.6. The fraction of sp³-hybridized carbons (Fsp3) is 0.276. The van der Waals surface area contributed by atoms with Crippen LogP contribution >= 0.6 is 0 Å². The van der Waals surface area contributed by atoms with E-state index >= 15 is 0 Å². The summed E-state index contributed by atoms with van der Waals surface area (Å²) in [5, 5.41) is 8.80. The Kier molecular flexibility index (Phi) is 8.70. The molecule has 0 aliphatic carbocycles. The number of benzene rings is 3. The van der Waals surface area contributed by atoms with E-state index in [1.165, 1.54) is 6.42 Å². The molecule has 3 aromatic rings. The van der Waals surface area contributed by atoms with Crippen molar-refractivity contribution in [2.45, 2.75) is 32.1 Å². The van der Waals surface area contributed by atoms with Crippen LogP contribution in [0.25, 0.3) is 0 Å². The normalized spacial score (nSPS) is 13.1. The molecule has 0 atom stereocenters. The van der Waals surface area contributed by atoms with E-state index < -0.39 is 0 Å². The number of carbonyl (C=O) groups excluding carboxylic acids is 3. The Morgan fingerprint density at radius 3 is 1.89 bits per heavy atom. The Balaban J connectivity index is 1.19. The number of likely N-dealkylation sites (tertiary alicyclic amines) is 1. The third-order valence-electron chi connectivity index (χ3n) is 6.16. The molecule has 1 saturated heterocycles. The van der Waals surface area contributed by atoms with Gasteiger partial charge in [-0.25, -0.2) is 0 Å². The zero-order chi connectivity index (χ0) is 25.2. The lowest BCUT2D eigenvalue weighted by Crippen LogP contribution is -2.35. The molecule has 0 bridgehead atoms. The minimum Gasteiger partial charge on any atom is -0.376 e. The summed E-state index contributed by atoms with van der Waals surface area (Å²) in [7, 11) is 0. The van der Waals surface area contributed by atoms with Gasteiger partial charge in [0.15, 0.2) is 0 Å². The number of anilines is 3. The predicted octanol–water partition coefficient (Wildman–Crippen LogP) is 4.93. The molecule has 1 aliphatic heterocycles. The van der Waals surface area contributed by atoms with E-state index in [4.69, 9.17) is 0 Å². The van der Waals surface area contributed by atoms with Crippen LogP contribution < -0.4 is 16.0 Å². The third kappa shape index (κ3) is 7.43. The van der Waals surface area contributed by atoms with Crippen molar-refractivity contribution in [1.29, 1.82) is 0 Å². The molecule has 7 heteroatoms. The van der Waals surface area contributed by atoms with Gasteiger partial charge in [0.1, 0.15) is 0 Å². The van der Waals surface area contributed by atoms with Gasteiger partial charge in [-0.15, -0.1) is 0 Å². The molecule has 3 aromatic carbocycles. The van der Waals surface area contributed by atoms with E-state index in [0.29, 0.717) is 29.8 Å². The quantitative estimate of drug-likeness (QED) is 0.402. The Hall–Kier alpha value is -4.13. The molecule has 0 radical (unpaired) electrons. The SMILES string of the molecule is O=C(CCc1ccccc1)Nc1ccc(NC(=O)CNc2ccc(C(=O)N3CCCCC3)cc2)cc1. The predicted molar refractivity (Wildman–Crippen MR) is 143 cm³/mol. The Bertz CT molecular complexity index is 1160. The van der Waals surface area contributed by atoms with Crippen LogP contribution in [0.3, 0.4) is 0 Å². The van der Waals surface area contributed by atoms with Crippen LogP contribution in [0.1, 0.15) is 41.6 Å². The van der Waals surface area contributed by atoms with Crippen molar-refractivity contribution in [3.8, 4) is 0 Å². The third-order valence-corrected chi connectivity index (χ3v) is 6.16. The molecule has 3 N–H and O–H groups in total. The summed E-state index contributed by atoms with van der Waals surface area (Å²) in [5.41, 5.74) is 3.89. The van der Waals surface area contributed by atoms with Gasteiger partial charge in [0.2, 0.25) is 11.8 Å². The van der Waals surface area contributed by atoms with Crippen molar-refractivity contribution in [1.82, 2.24) is 4.90 Å². The highest BCUT2D eigenvalue weighted by Gasteiger charge is 2.17. The monoisotopic (exact) mass is 484 g/mol. The van der Waals surface area contributed by atoms with Crippen molar-refractivity contribution in [3.63, 3.8) is 0 Å². The first kappa shape index (κ1) is 25.0. The average Bonchev–Trinajstić information content (AvgIpc) is 2.93. The first-order valence-corrected chi connectivity index (χ1v) is 12.4. The molecular formula is C29H32N4O3. The molecule has 1 aliphatic rings. The highest BCUT2D eigenvalue weighted by molar-refractivity contribution is 5.96. The molecule has 0 spiro atoms. The summed E-state index contributed by atoms with van der Waals surface area (Å²) < 4.78 is 0. The van der Waals surface area contributed by atoms with Crippen molar-refractivity contribution >= 4 is 34.8 Å². The molecule has 4 rings (SSSR count). The van der Waals surface area contributed by atoms with Crippen LogP contribution in [-0.4, -0.2) is 42.3 Å². The Morgan fingerprint density at radius 1 is 0.667 bits per heavy atom. The summed E-state index contributed by atoms with van der Waals surface area (Å²) >= 11 is 0. The van der Waals surface area contributed by atoms with Crippen LogP contribution in [-0.2, 0) is 16.0 Å². The van der Waals surface area contributed by atoms with Gasteiger partial charge in [0, 0.05) is 42.1 Å². The second-order valence-corrected chi connectivity index (χ2v) is 8.94. The van der Waals surface area contributed by atoms with Crippen LogP contribution in [0.2, 0.25) is 0 Å². The van der Waals surface area contributed by atoms with Gasteiger partial charge in [0.05, 0.1) is 6.54 Å². The van der Waals surface area contributed by atoms with E-state index in [-0.39, 0.29) is 24.3 Å². The Morgan fingerprint density at radius 2 is 1.25 bits per heavy atom. The van der Waals surface area contributed by atoms with E-state index in [1.807, 2.05) is 47.4 Å². The summed E-state index contributed by atoms with van der Waals surface area (Å²) in [6, 6.07) is 24.2. The molecule has 36 heavy (non-hydrogen) atoms. The second-order valence-electron chi connectivity index (χ2n) is 8.94. The van der Waals surface area contributed by atoms with Crippen LogP contribution in [0.4, 0.5) is 17.1 Å². The number of hydrogen-bond donors (Lipinski definition) is 3. The smallest absolute Gasteiger partial charge is 0.253 e. The standard InChI is InChI=1S/C29H32N4O3/c34-27(18-9-22-7-3-1-4-8-22)31-25-14-16-26(17-15-25)32-28(35)21-30-24-12-10-23(11-13-24)29(36)33-19-5-2-6-20-33/h1,3-4,7-8,10-17,30H,2,5-6,9,18-21H2,(H,31,34)(H,32,35). The van der Waals surface area contributed by atoms with Crippen molar-refractivity contribution in [3.05, 3.63) is 90.0 Å². The van der Waals surface area contributed by atoms with E-state index in [1.54, 1.807) is 36.4 Å². The van der Waals surface area contributed by atoms with Gasteiger partial charge in [-0.05, 0) is 79.8 Å². The lowest BCUT2D eigenvalue weighted by molar-refractivity contribution is -0.116. The van der Waals surface area contributed by atoms with Gasteiger partial charge < -0.3 is 20.9 Å². The molecule has 0 aromatic heterocycles. The summed E-state index contributed by atoms with van der Waals surface area (Å²) in [6.07, 6.45) is 4.40. The minimum atomic E-state index is -0.192. The van der Waals surface area contributed by atoms with Crippen LogP contribution in [0.5, 0.6) is 0 Å². The van der Waals surface area contributed by atoms with E-state index in [2.05, 4.69) is 16.0 Å². The average molecular weight is 485 g/mol. The summed E-state index contributed by atoms with van der Waals surface area (Å²) in [4.78, 5) is 39.0. The number of aryl methyl sites for hydroxylation is 1. The topological polar surface area (TPSA) is 90.5 Å². The molecule has 1 heterocycles. The number of piperidine rings is 1. The zero-order valence-corrected chi connectivity index (χ0v) is 20.3. The largest absolute Gasteiger partial charge is 0.376 e. The Labute approximate surface area is 211 Å². The number of nitrogens with zero attached hydrogens (tertiary/aromatic N) is 1. The maximum absolute atomic E-state index is 12.6. The fourth-order valence-electron chi connectivity index (χ4n) is 4.16. The van der Waals surface area contributed by atoms with Crippen molar-refractivity contribution < 1.29 is 14.4 Å². The van der Waals surface area contributed by atoms with Crippen LogP contribution in [0, 0.1) is 0 Å². The number of nitrogens with one attached hydrogen (secondary N) is 3. The van der Waals surface area contributed by atoms with Gasteiger partial charge in [-0.1, -0.05) is 30.3 Å². The molecule has 0 saturated carbocycles. The molecule has 0 unspecified atom stereocenters. The maximum atomic E-state index is 12.6. The molecular weight excluding hydrogens is 452 g/mol. The van der Waals surface area contributed by atoms with Gasteiger partial charge in [-0.3, -0.25) is 14.4 Å². The molecule has 1 fully saturated rings. The van der Waals surface area contributed by atoms with Crippen molar-refractivity contribution in [2.24, 2.45) is 0 Å². The lowest BCUT2D eigenvalue weighted by atomic mass is 10.1. The zero-order valence-electron chi connectivity index (χ0n) is 20.3. The van der Waals surface area contributed by atoms with Gasteiger partial charge >= 0.3 is 0 Å². The van der Waals surface area contributed by atoms with Gasteiger partial charge in [-0.2, -0.15) is 0 Å². The first-order valence-electron chi connectivity index (χ1n) is 12.4. The number of amides is 3. The molecule has 7 nitrogen and oxygen atoms in total. The number of carbonyl (C=O) groups is 3. The van der Waals surface area contributed by atoms with E-state index in [0.717, 1.165) is 37.2 Å². The number of hydrogen-bond acceptors (Lipinski definition) is 4. The maximum Gasteiger partial charge on any atom is 0.253 e. The highest BCUT2D eigenvalue weighted by atomic mass is 16.2. The van der Waals surface area contributed by atoms with E-state index in [9.17, 15) is 14.4 Å². The van der Waals surface area contributed by atoms with Crippen LogP contribution in [0.15, 0.2) is 78.9 Å². The lowest BCUT2D eigenvalue weighted by Gasteiger charge is -2.26. The summed E-state index contributed by atoms with van der Waals surface area (Å²) in [5.74, 6) is -0.179. The minimum absolute atomic E-state index is 0.0523. The van der Waals surface area contributed by atoms with Gasteiger partial charge in [0.25, 0.3) is 5.91 Å². The molecule has 3 amide bonds. The highest BCUT2D eigenvalue weighted by Crippen LogP contribution is 2.17. The second kappa shape index (κ2) is 12.5. The molecule has 186 valence electrons. The fourth-order valence-corrected chi connectivity index (χ4v) is 4.16.